The van der Waals surface area contributed by atoms with Crippen molar-refractivity contribution in [3.63, 3.8) is 0 Å². The molecule has 1 aliphatic heterocycles. The zero-order valence-corrected chi connectivity index (χ0v) is 15.7. The Kier molecular flexibility index (Phi) is 4.91. The number of carbonyl (C=O) groups is 1. The molecule has 0 aliphatic carbocycles. The molecular formula is C22H15ClN2O3. The van der Waals surface area contributed by atoms with Crippen LogP contribution in [-0.2, 0) is 9.53 Å². The van der Waals surface area contributed by atoms with E-state index in [1.807, 2.05) is 60.7 Å². The highest BCUT2D eigenvalue weighted by Crippen LogP contribution is 2.29. The van der Waals surface area contributed by atoms with Gasteiger partial charge in [-0.25, -0.2) is 9.79 Å². The minimum Gasteiger partial charge on any atom is -0.402 e. The van der Waals surface area contributed by atoms with Crippen LogP contribution in [0.4, 0.5) is 0 Å². The van der Waals surface area contributed by atoms with Crippen molar-refractivity contribution in [2.24, 2.45) is 4.99 Å². The minimum atomic E-state index is -0.575. The van der Waals surface area contributed by atoms with Crippen molar-refractivity contribution in [3.05, 3.63) is 94.4 Å². The summed E-state index contributed by atoms with van der Waals surface area (Å²) in [5.41, 5.74) is 2.99. The fourth-order valence-electron chi connectivity index (χ4n) is 2.81. The van der Waals surface area contributed by atoms with Gasteiger partial charge in [-0.3, -0.25) is 0 Å². The third-order valence-electron chi connectivity index (χ3n) is 4.12. The van der Waals surface area contributed by atoms with Gasteiger partial charge in [0, 0.05) is 10.6 Å². The third kappa shape index (κ3) is 3.66. The Morgan fingerprint density at radius 3 is 2.43 bits per heavy atom. The second-order valence-electron chi connectivity index (χ2n) is 6.10. The normalized spacial score (nSPS) is 15.6. The maximum Gasteiger partial charge on any atom is 0.363 e. The average Bonchev–Trinajstić information content (AvgIpc) is 3.25. The van der Waals surface area contributed by atoms with Crippen LogP contribution in [0.25, 0.3) is 17.3 Å². The molecule has 5 nitrogen and oxygen atoms in total. The highest BCUT2D eigenvalue weighted by Gasteiger charge is 2.30. The molecule has 0 saturated heterocycles. The summed E-state index contributed by atoms with van der Waals surface area (Å²) in [4.78, 5) is 16.6. The number of hydrogen-bond acceptors (Lipinski definition) is 5. The van der Waals surface area contributed by atoms with Crippen molar-refractivity contribution in [2.45, 2.75) is 6.92 Å². The number of esters is 1. The van der Waals surface area contributed by atoms with Crippen LogP contribution in [0.5, 0.6) is 0 Å². The molecular weight excluding hydrogens is 376 g/mol. The molecule has 2 aromatic carbocycles. The molecule has 138 valence electrons. The first-order chi connectivity index (χ1) is 13.6. The van der Waals surface area contributed by atoms with Crippen LogP contribution in [0.2, 0.25) is 0 Å². The average molecular weight is 391 g/mol. The van der Waals surface area contributed by atoms with Gasteiger partial charge in [-0.2, -0.15) is 0 Å². The van der Waals surface area contributed by atoms with E-state index in [2.05, 4.69) is 10.1 Å². The summed E-state index contributed by atoms with van der Waals surface area (Å²) in [6, 6.07) is 19.0. The molecule has 6 heteroatoms. The van der Waals surface area contributed by atoms with Gasteiger partial charge in [0.15, 0.2) is 5.70 Å². The van der Waals surface area contributed by atoms with Crippen molar-refractivity contribution >= 4 is 29.5 Å². The fourth-order valence-corrected chi connectivity index (χ4v) is 3.04. The van der Waals surface area contributed by atoms with E-state index in [9.17, 15) is 4.79 Å². The number of rotatable bonds is 4. The second-order valence-corrected chi connectivity index (χ2v) is 6.54. The van der Waals surface area contributed by atoms with E-state index in [0.29, 0.717) is 22.0 Å². The quantitative estimate of drug-likeness (QED) is 0.458. The molecule has 0 N–H and O–H groups in total. The summed E-state index contributed by atoms with van der Waals surface area (Å²) < 4.78 is 10.7. The number of aliphatic imine (C=N–C) groups is 1. The van der Waals surface area contributed by atoms with Crippen molar-refractivity contribution in [3.8, 4) is 11.3 Å². The molecule has 1 aromatic heterocycles. The molecule has 3 aromatic rings. The number of ether oxygens (including phenoxy) is 1. The summed E-state index contributed by atoms with van der Waals surface area (Å²) >= 11 is 6.27. The van der Waals surface area contributed by atoms with Crippen LogP contribution in [0, 0.1) is 6.92 Å². The van der Waals surface area contributed by atoms with Gasteiger partial charge in [-0.15, -0.1) is 0 Å². The molecule has 0 amide bonds. The Morgan fingerprint density at radius 2 is 1.71 bits per heavy atom. The van der Waals surface area contributed by atoms with Gasteiger partial charge in [0.05, 0.1) is 0 Å². The number of nitrogens with zero attached hydrogens (tertiary/aromatic N) is 2. The molecule has 0 atom stereocenters. The molecule has 0 saturated carbocycles. The standard InChI is InChI=1S/C22H15ClN2O3/c1-14-19(20(25-28-14)16-10-6-3-7-11-16)21-24-18(22(26)27-21)13-17(23)12-15-8-4-2-5-9-15/h2-13H,1H3/b17-12-,18-13-. The maximum absolute atomic E-state index is 12.3. The Morgan fingerprint density at radius 1 is 1.04 bits per heavy atom. The predicted molar refractivity (Wildman–Crippen MR) is 108 cm³/mol. The summed E-state index contributed by atoms with van der Waals surface area (Å²) in [6.45, 7) is 1.75. The molecule has 28 heavy (non-hydrogen) atoms. The number of aromatic nitrogens is 1. The van der Waals surface area contributed by atoms with Crippen molar-refractivity contribution in [1.29, 1.82) is 0 Å². The number of cyclic esters (lactones) is 1. The number of aryl methyl sites for hydroxylation is 1. The third-order valence-corrected chi connectivity index (χ3v) is 4.34. The second kappa shape index (κ2) is 7.66. The number of halogens is 1. The Bertz CT molecular complexity index is 1110. The van der Waals surface area contributed by atoms with Crippen molar-refractivity contribution in [2.75, 3.05) is 0 Å². The molecule has 1 aliphatic rings. The SMILES string of the molecule is Cc1onc(-c2ccccc2)c1C1=N/C(=C\C(Cl)=C\c2ccccc2)C(=O)O1. The highest BCUT2D eigenvalue weighted by atomic mass is 35.5. The molecule has 0 unspecified atom stereocenters. The lowest BCUT2D eigenvalue weighted by Gasteiger charge is -2.01. The van der Waals surface area contributed by atoms with Gasteiger partial charge in [0.25, 0.3) is 0 Å². The number of hydrogen-bond donors (Lipinski definition) is 0. The van der Waals surface area contributed by atoms with E-state index >= 15 is 0 Å². The molecule has 2 heterocycles. The van der Waals surface area contributed by atoms with Gasteiger partial charge < -0.3 is 9.26 Å². The number of carbonyl (C=O) groups excluding carboxylic acids is 1. The molecule has 0 radical (unpaired) electrons. The summed E-state index contributed by atoms with van der Waals surface area (Å²) in [5, 5.41) is 4.46. The van der Waals surface area contributed by atoms with Crippen molar-refractivity contribution < 1.29 is 14.1 Å². The monoisotopic (exact) mass is 390 g/mol. The van der Waals surface area contributed by atoms with E-state index in [-0.39, 0.29) is 11.6 Å². The van der Waals surface area contributed by atoms with Crippen LogP contribution in [0.3, 0.4) is 0 Å². The van der Waals surface area contributed by atoms with Gasteiger partial charge in [0.1, 0.15) is 17.0 Å². The van der Waals surface area contributed by atoms with E-state index in [1.165, 1.54) is 6.08 Å². The first-order valence-electron chi connectivity index (χ1n) is 8.58. The number of benzene rings is 2. The van der Waals surface area contributed by atoms with Crippen LogP contribution in [0.1, 0.15) is 16.9 Å². The van der Waals surface area contributed by atoms with Crippen LogP contribution >= 0.6 is 11.6 Å². The van der Waals surface area contributed by atoms with Crippen LogP contribution in [0.15, 0.2) is 87.0 Å². The first kappa shape index (κ1) is 17.9. The summed E-state index contributed by atoms with van der Waals surface area (Å²) in [7, 11) is 0. The summed E-state index contributed by atoms with van der Waals surface area (Å²) in [6.07, 6.45) is 3.23. The van der Waals surface area contributed by atoms with E-state index in [1.54, 1.807) is 13.0 Å². The van der Waals surface area contributed by atoms with E-state index < -0.39 is 5.97 Å². The van der Waals surface area contributed by atoms with E-state index in [0.717, 1.165) is 11.1 Å². The lowest BCUT2D eigenvalue weighted by molar-refractivity contribution is -0.130. The molecule has 0 bridgehead atoms. The molecule has 0 spiro atoms. The largest absolute Gasteiger partial charge is 0.402 e. The maximum atomic E-state index is 12.3. The Balaban J connectivity index is 1.69. The van der Waals surface area contributed by atoms with E-state index in [4.69, 9.17) is 20.9 Å². The molecule has 4 rings (SSSR count). The number of allylic oxidation sites excluding steroid dienone is 2. The van der Waals surface area contributed by atoms with Gasteiger partial charge in [-0.05, 0) is 24.6 Å². The Hall–Kier alpha value is -3.44. The van der Waals surface area contributed by atoms with Crippen molar-refractivity contribution in [1.82, 2.24) is 5.16 Å². The Labute approximate surface area is 166 Å². The van der Waals surface area contributed by atoms with Gasteiger partial charge >= 0.3 is 5.97 Å². The fraction of sp³-hybridized carbons (Fsp3) is 0.0455. The van der Waals surface area contributed by atoms with Gasteiger partial charge in [0.2, 0.25) is 5.90 Å². The smallest absolute Gasteiger partial charge is 0.363 e. The highest BCUT2D eigenvalue weighted by molar-refractivity contribution is 6.33. The minimum absolute atomic E-state index is 0.117. The van der Waals surface area contributed by atoms with Crippen LogP contribution < -0.4 is 0 Å². The topological polar surface area (TPSA) is 64.7 Å². The molecule has 0 fully saturated rings. The lowest BCUT2D eigenvalue weighted by atomic mass is 10.1. The summed E-state index contributed by atoms with van der Waals surface area (Å²) in [5.74, 6) is 0.0878. The predicted octanol–water partition coefficient (Wildman–Crippen LogP) is 5.12. The van der Waals surface area contributed by atoms with Gasteiger partial charge in [-0.1, -0.05) is 77.4 Å². The zero-order chi connectivity index (χ0) is 19.5. The lowest BCUT2D eigenvalue weighted by Crippen LogP contribution is -2.07. The zero-order valence-electron chi connectivity index (χ0n) is 14.9. The first-order valence-corrected chi connectivity index (χ1v) is 8.96. The van der Waals surface area contributed by atoms with Crippen LogP contribution in [-0.4, -0.2) is 17.0 Å².